The Morgan fingerprint density at radius 1 is 1.04 bits per heavy atom. The fourth-order valence-corrected chi connectivity index (χ4v) is 2.36. The first-order valence-corrected chi connectivity index (χ1v) is 7.88. The zero-order chi connectivity index (χ0) is 18.5. The van der Waals surface area contributed by atoms with Gasteiger partial charge in [0, 0.05) is 5.69 Å². The maximum atomic E-state index is 13.7. The molecule has 0 aliphatic rings. The summed E-state index contributed by atoms with van der Waals surface area (Å²) in [7, 11) is 1.56. The molecular weight excluding hydrogens is 335 g/mol. The normalized spacial score (nSPS) is 10.3. The first-order valence-electron chi connectivity index (χ1n) is 7.88. The summed E-state index contributed by atoms with van der Waals surface area (Å²) in [5.74, 6) is -0.175. The zero-order valence-electron chi connectivity index (χ0n) is 14.3. The fourth-order valence-electron chi connectivity index (χ4n) is 2.36. The maximum absolute atomic E-state index is 13.7. The van der Waals surface area contributed by atoms with Gasteiger partial charge in [0.15, 0.2) is 0 Å². The largest absolute Gasteiger partial charge is 0.495 e. The highest BCUT2D eigenvalue weighted by atomic mass is 19.1. The lowest BCUT2D eigenvalue weighted by atomic mass is 10.2. The molecule has 3 aromatic rings. The van der Waals surface area contributed by atoms with Gasteiger partial charge in [0.05, 0.1) is 18.5 Å². The van der Waals surface area contributed by atoms with Crippen molar-refractivity contribution in [3.8, 4) is 5.75 Å². The minimum atomic E-state index is -0.524. The summed E-state index contributed by atoms with van der Waals surface area (Å²) in [6.45, 7) is 1.75. The van der Waals surface area contributed by atoms with Gasteiger partial charge in [-0.25, -0.2) is 14.4 Å². The van der Waals surface area contributed by atoms with E-state index in [1.807, 2.05) is 18.2 Å². The molecule has 3 rings (SSSR count). The van der Waals surface area contributed by atoms with Gasteiger partial charge >= 0.3 is 0 Å². The zero-order valence-corrected chi connectivity index (χ0v) is 14.3. The van der Waals surface area contributed by atoms with E-state index in [2.05, 4.69) is 20.6 Å². The van der Waals surface area contributed by atoms with Gasteiger partial charge in [-0.3, -0.25) is 4.79 Å². The Balaban J connectivity index is 1.85. The van der Waals surface area contributed by atoms with Crippen LogP contribution >= 0.6 is 0 Å². The van der Waals surface area contributed by atoms with Crippen molar-refractivity contribution in [2.45, 2.75) is 6.92 Å². The molecule has 0 aliphatic heterocycles. The third kappa shape index (κ3) is 3.94. The molecule has 7 heteroatoms. The van der Waals surface area contributed by atoms with Crippen LogP contribution < -0.4 is 15.4 Å². The van der Waals surface area contributed by atoms with Gasteiger partial charge in [0.2, 0.25) is 5.95 Å². The van der Waals surface area contributed by atoms with Crippen LogP contribution in [0.25, 0.3) is 0 Å². The van der Waals surface area contributed by atoms with Crippen LogP contribution in [-0.2, 0) is 0 Å². The van der Waals surface area contributed by atoms with E-state index in [1.54, 1.807) is 32.2 Å². The minimum absolute atomic E-state index is 0.0907. The average molecular weight is 352 g/mol. The van der Waals surface area contributed by atoms with Gasteiger partial charge in [0.1, 0.15) is 17.3 Å². The Kier molecular flexibility index (Phi) is 5.07. The lowest BCUT2D eigenvalue weighted by molar-refractivity contribution is 0.102. The Morgan fingerprint density at radius 2 is 1.73 bits per heavy atom. The molecule has 0 atom stereocenters. The van der Waals surface area contributed by atoms with E-state index in [9.17, 15) is 9.18 Å². The molecule has 132 valence electrons. The van der Waals surface area contributed by atoms with Crippen molar-refractivity contribution in [1.82, 2.24) is 9.97 Å². The quantitative estimate of drug-likeness (QED) is 0.728. The number of rotatable bonds is 5. The number of methoxy groups -OCH3 is 1. The summed E-state index contributed by atoms with van der Waals surface area (Å²) >= 11 is 0. The highest BCUT2D eigenvalue weighted by molar-refractivity contribution is 6.03. The van der Waals surface area contributed by atoms with Crippen LogP contribution in [0.5, 0.6) is 5.75 Å². The molecule has 0 bridgehead atoms. The van der Waals surface area contributed by atoms with E-state index in [0.717, 1.165) is 0 Å². The van der Waals surface area contributed by atoms with Crippen molar-refractivity contribution in [2.24, 2.45) is 0 Å². The number of aryl methyl sites for hydroxylation is 1. The number of para-hydroxylation sites is 3. The lowest BCUT2D eigenvalue weighted by Gasteiger charge is -2.11. The van der Waals surface area contributed by atoms with Crippen LogP contribution in [0.15, 0.2) is 54.6 Å². The van der Waals surface area contributed by atoms with Crippen LogP contribution in [0.2, 0.25) is 0 Å². The number of carbonyl (C=O) groups is 1. The van der Waals surface area contributed by atoms with E-state index in [-0.39, 0.29) is 17.3 Å². The van der Waals surface area contributed by atoms with E-state index < -0.39 is 11.7 Å². The smallest absolute Gasteiger partial charge is 0.274 e. The maximum Gasteiger partial charge on any atom is 0.274 e. The van der Waals surface area contributed by atoms with Gasteiger partial charge in [-0.2, -0.15) is 0 Å². The number of ether oxygens (including phenoxy) is 1. The second kappa shape index (κ2) is 7.60. The Bertz CT molecular complexity index is 946. The number of amides is 1. The molecule has 2 aromatic carbocycles. The Labute approximate surface area is 150 Å². The van der Waals surface area contributed by atoms with Crippen LogP contribution in [0, 0.1) is 12.7 Å². The van der Waals surface area contributed by atoms with Gasteiger partial charge in [0.25, 0.3) is 5.91 Å². The number of carbonyl (C=O) groups excluding carboxylic acids is 1. The molecule has 1 aromatic heterocycles. The third-order valence-electron chi connectivity index (χ3n) is 3.56. The van der Waals surface area contributed by atoms with E-state index in [0.29, 0.717) is 17.1 Å². The Hall–Kier alpha value is -3.48. The van der Waals surface area contributed by atoms with Crippen LogP contribution in [-0.4, -0.2) is 23.0 Å². The van der Waals surface area contributed by atoms with Crippen LogP contribution in [0.1, 0.15) is 16.2 Å². The molecule has 1 amide bonds. The van der Waals surface area contributed by atoms with E-state index in [1.165, 1.54) is 18.2 Å². The number of benzene rings is 2. The summed E-state index contributed by atoms with van der Waals surface area (Å²) in [5.41, 5.74) is 1.48. The lowest BCUT2D eigenvalue weighted by Crippen LogP contribution is -2.16. The summed E-state index contributed by atoms with van der Waals surface area (Å²) in [6, 6.07) is 14.8. The molecule has 0 aliphatic carbocycles. The first kappa shape index (κ1) is 17.3. The number of hydrogen-bond donors (Lipinski definition) is 2. The molecule has 0 unspecified atom stereocenters. The molecule has 2 N–H and O–H groups in total. The summed E-state index contributed by atoms with van der Waals surface area (Å²) < 4.78 is 19.0. The van der Waals surface area contributed by atoms with Crippen LogP contribution in [0.3, 0.4) is 0 Å². The fraction of sp³-hybridized carbons (Fsp3) is 0.105. The van der Waals surface area contributed by atoms with E-state index in [4.69, 9.17) is 4.74 Å². The molecule has 0 radical (unpaired) electrons. The number of anilines is 3. The number of halogens is 1. The molecular formula is C19H17FN4O2. The SMILES string of the molecule is COc1ccccc1Nc1nc(C)cc(C(=O)Nc2ccccc2F)n1. The van der Waals surface area contributed by atoms with Crippen molar-refractivity contribution in [3.63, 3.8) is 0 Å². The van der Waals surface area contributed by atoms with Gasteiger partial charge in [-0.1, -0.05) is 24.3 Å². The molecule has 26 heavy (non-hydrogen) atoms. The topological polar surface area (TPSA) is 76.1 Å². The number of nitrogens with one attached hydrogen (secondary N) is 2. The first-order chi connectivity index (χ1) is 12.6. The molecule has 0 spiro atoms. The molecule has 1 heterocycles. The minimum Gasteiger partial charge on any atom is -0.495 e. The summed E-state index contributed by atoms with van der Waals surface area (Å²) in [6.07, 6.45) is 0. The second-order valence-electron chi connectivity index (χ2n) is 5.48. The highest BCUT2D eigenvalue weighted by Gasteiger charge is 2.13. The van der Waals surface area contributed by atoms with Crippen LogP contribution in [0.4, 0.5) is 21.7 Å². The highest BCUT2D eigenvalue weighted by Crippen LogP contribution is 2.25. The van der Waals surface area contributed by atoms with Crippen molar-refractivity contribution in [1.29, 1.82) is 0 Å². The molecule has 0 saturated carbocycles. The van der Waals surface area contributed by atoms with Gasteiger partial charge in [-0.05, 0) is 37.3 Å². The number of hydrogen-bond acceptors (Lipinski definition) is 5. The third-order valence-corrected chi connectivity index (χ3v) is 3.56. The number of nitrogens with zero attached hydrogens (tertiary/aromatic N) is 2. The van der Waals surface area contributed by atoms with E-state index >= 15 is 0 Å². The molecule has 0 saturated heterocycles. The predicted molar refractivity (Wildman–Crippen MR) is 97.4 cm³/mol. The van der Waals surface area contributed by atoms with Crippen molar-refractivity contribution < 1.29 is 13.9 Å². The summed E-state index contributed by atoms with van der Waals surface area (Å²) in [5, 5.41) is 5.54. The molecule has 6 nitrogen and oxygen atoms in total. The van der Waals surface area contributed by atoms with Gasteiger partial charge in [-0.15, -0.1) is 0 Å². The average Bonchev–Trinajstić information content (AvgIpc) is 2.63. The van der Waals surface area contributed by atoms with Crippen molar-refractivity contribution >= 4 is 23.2 Å². The van der Waals surface area contributed by atoms with Crippen molar-refractivity contribution in [3.05, 3.63) is 71.8 Å². The number of aromatic nitrogens is 2. The monoisotopic (exact) mass is 352 g/mol. The molecule has 0 fully saturated rings. The standard InChI is InChI=1S/C19H17FN4O2/c1-12-11-16(18(25)22-14-8-4-3-7-13(14)20)24-19(21-12)23-15-9-5-6-10-17(15)26-2/h3-11H,1-2H3,(H,22,25)(H,21,23,24). The predicted octanol–water partition coefficient (Wildman–Crippen LogP) is 3.93. The van der Waals surface area contributed by atoms with Crippen molar-refractivity contribution in [2.75, 3.05) is 17.7 Å². The summed E-state index contributed by atoms with van der Waals surface area (Å²) in [4.78, 5) is 20.9. The Morgan fingerprint density at radius 3 is 2.46 bits per heavy atom. The second-order valence-corrected chi connectivity index (χ2v) is 5.48. The van der Waals surface area contributed by atoms with Gasteiger partial charge < -0.3 is 15.4 Å².